The molecule has 0 spiro atoms. The van der Waals surface area contributed by atoms with E-state index < -0.39 is 0 Å². The number of amides is 1. The average molecular weight is 184 g/mol. The Bertz CT molecular complexity index is 159. The SMILES string of the molecule is CCCCCCN1CCNC(=O)C1. The van der Waals surface area contributed by atoms with Crippen molar-refractivity contribution in [3.63, 3.8) is 0 Å². The van der Waals surface area contributed by atoms with Gasteiger partial charge in [0.2, 0.25) is 5.91 Å². The fourth-order valence-corrected chi connectivity index (χ4v) is 1.64. The molecule has 1 N–H and O–H groups in total. The minimum absolute atomic E-state index is 0.182. The third-order valence-corrected chi connectivity index (χ3v) is 2.45. The molecule has 0 aliphatic carbocycles. The second-order valence-corrected chi connectivity index (χ2v) is 3.69. The molecule has 1 fully saturated rings. The predicted octanol–water partition coefficient (Wildman–Crippen LogP) is 0.998. The number of nitrogens with zero attached hydrogens (tertiary/aromatic N) is 1. The summed E-state index contributed by atoms with van der Waals surface area (Å²) in [4.78, 5) is 13.3. The fraction of sp³-hybridized carbons (Fsp3) is 0.900. The number of hydrogen-bond donors (Lipinski definition) is 1. The molecule has 0 aromatic carbocycles. The van der Waals surface area contributed by atoms with Crippen LogP contribution in [0.15, 0.2) is 0 Å². The normalized spacial score (nSPS) is 18.7. The summed E-state index contributed by atoms with van der Waals surface area (Å²) in [5.74, 6) is 0.182. The van der Waals surface area contributed by atoms with Crippen LogP contribution in [0.3, 0.4) is 0 Å². The first-order chi connectivity index (χ1) is 6.33. The van der Waals surface area contributed by atoms with Crippen LogP contribution < -0.4 is 5.32 Å². The predicted molar refractivity (Wildman–Crippen MR) is 53.6 cm³/mol. The van der Waals surface area contributed by atoms with Crippen molar-refractivity contribution in [2.45, 2.75) is 32.6 Å². The molecule has 1 heterocycles. The molecule has 0 bridgehead atoms. The van der Waals surface area contributed by atoms with Crippen LogP contribution in [0.2, 0.25) is 0 Å². The molecule has 1 aliphatic rings. The maximum absolute atomic E-state index is 11.0. The number of hydrogen-bond acceptors (Lipinski definition) is 2. The molecule has 0 radical (unpaired) electrons. The van der Waals surface area contributed by atoms with E-state index in [9.17, 15) is 4.79 Å². The molecule has 76 valence electrons. The van der Waals surface area contributed by atoms with Crippen molar-refractivity contribution in [3.05, 3.63) is 0 Å². The first-order valence-electron chi connectivity index (χ1n) is 5.32. The maximum Gasteiger partial charge on any atom is 0.234 e. The highest BCUT2D eigenvalue weighted by Crippen LogP contribution is 2.02. The van der Waals surface area contributed by atoms with Crippen LogP contribution in [-0.2, 0) is 4.79 Å². The number of piperazine rings is 1. The Kier molecular flexibility index (Phi) is 4.83. The van der Waals surface area contributed by atoms with E-state index in [-0.39, 0.29) is 5.91 Å². The third kappa shape index (κ3) is 4.27. The highest BCUT2D eigenvalue weighted by molar-refractivity contribution is 5.78. The Morgan fingerprint density at radius 3 is 2.92 bits per heavy atom. The monoisotopic (exact) mass is 184 g/mol. The smallest absolute Gasteiger partial charge is 0.234 e. The van der Waals surface area contributed by atoms with Gasteiger partial charge in [-0.25, -0.2) is 0 Å². The molecule has 0 atom stereocenters. The lowest BCUT2D eigenvalue weighted by molar-refractivity contribution is -0.124. The van der Waals surface area contributed by atoms with Gasteiger partial charge in [0, 0.05) is 13.1 Å². The van der Waals surface area contributed by atoms with Crippen molar-refractivity contribution < 1.29 is 4.79 Å². The zero-order chi connectivity index (χ0) is 9.52. The van der Waals surface area contributed by atoms with Gasteiger partial charge in [-0.1, -0.05) is 26.2 Å². The Morgan fingerprint density at radius 1 is 1.38 bits per heavy atom. The molecule has 0 aromatic rings. The first kappa shape index (κ1) is 10.5. The third-order valence-electron chi connectivity index (χ3n) is 2.45. The van der Waals surface area contributed by atoms with E-state index in [1.165, 1.54) is 25.7 Å². The van der Waals surface area contributed by atoms with Crippen molar-refractivity contribution in [3.8, 4) is 0 Å². The number of rotatable bonds is 5. The molecule has 0 saturated carbocycles. The summed E-state index contributed by atoms with van der Waals surface area (Å²) in [5.41, 5.74) is 0. The quantitative estimate of drug-likeness (QED) is 0.646. The molecular formula is C10H20N2O. The van der Waals surface area contributed by atoms with E-state index in [1.807, 2.05) is 0 Å². The van der Waals surface area contributed by atoms with Gasteiger partial charge < -0.3 is 5.32 Å². The topological polar surface area (TPSA) is 32.3 Å². The van der Waals surface area contributed by atoms with Gasteiger partial charge in [-0.2, -0.15) is 0 Å². The molecule has 1 aliphatic heterocycles. The Balaban J connectivity index is 2.03. The second-order valence-electron chi connectivity index (χ2n) is 3.69. The minimum atomic E-state index is 0.182. The van der Waals surface area contributed by atoms with Gasteiger partial charge in [0.1, 0.15) is 0 Å². The Hall–Kier alpha value is -0.570. The lowest BCUT2D eigenvalue weighted by atomic mass is 10.2. The molecule has 13 heavy (non-hydrogen) atoms. The summed E-state index contributed by atoms with van der Waals surface area (Å²) >= 11 is 0. The van der Waals surface area contributed by atoms with Crippen LogP contribution in [0.5, 0.6) is 0 Å². The van der Waals surface area contributed by atoms with Crippen molar-refractivity contribution in [1.29, 1.82) is 0 Å². The molecule has 1 saturated heterocycles. The number of nitrogens with one attached hydrogen (secondary N) is 1. The largest absolute Gasteiger partial charge is 0.354 e. The highest BCUT2D eigenvalue weighted by Gasteiger charge is 2.14. The molecule has 1 rings (SSSR count). The maximum atomic E-state index is 11.0. The van der Waals surface area contributed by atoms with Crippen molar-refractivity contribution >= 4 is 5.91 Å². The summed E-state index contributed by atoms with van der Waals surface area (Å²) < 4.78 is 0. The summed E-state index contributed by atoms with van der Waals surface area (Å²) in [7, 11) is 0. The van der Waals surface area contributed by atoms with Crippen LogP contribution in [0, 0.1) is 0 Å². The van der Waals surface area contributed by atoms with Gasteiger partial charge >= 0.3 is 0 Å². The van der Waals surface area contributed by atoms with Gasteiger partial charge in [-0.15, -0.1) is 0 Å². The van der Waals surface area contributed by atoms with Crippen LogP contribution in [0.1, 0.15) is 32.6 Å². The Labute approximate surface area is 80.5 Å². The summed E-state index contributed by atoms with van der Waals surface area (Å²) in [6, 6.07) is 0. The zero-order valence-electron chi connectivity index (χ0n) is 8.51. The van der Waals surface area contributed by atoms with Crippen molar-refractivity contribution in [1.82, 2.24) is 10.2 Å². The molecular weight excluding hydrogens is 164 g/mol. The summed E-state index contributed by atoms with van der Waals surface area (Å²) in [5, 5.41) is 2.83. The van der Waals surface area contributed by atoms with Crippen LogP contribution in [0.25, 0.3) is 0 Å². The highest BCUT2D eigenvalue weighted by atomic mass is 16.2. The van der Waals surface area contributed by atoms with E-state index in [4.69, 9.17) is 0 Å². The fourth-order valence-electron chi connectivity index (χ4n) is 1.64. The van der Waals surface area contributed by atoms with Crippen LogP contribution >= 0.6 is 0 Å². The van der Waals surface area contributed by atoms with E-state index in [2.05, 4.69) is 17.1 Å². The second kappa shape index (κ2) is 5.97. The van der Waals surface area contributed by atoms with Crippen molar-refractivity contribution in [2.75, 3.05) is 26.2 Å². The zero-order valence-corrected chi connectivity index (χ0v) is 8.51. The van der Waals surface area contributed by atoms with E-state index in [0.29, 0.717) is 6.54 Å². The standard InChI is InChI=1S/C10H20N2O/c1-2-3-4-5-7-12-8-6-11-10(13)9-12/h2-9H2,1H3,(H,11,13). The molecule has 3 nitrogen and oxygen atoms in total. The van der Waals surface area contributed by atoms with Crippen LogP contribution in [-0.4, -0.2) is 37.0 Å². The Morgan fingerprint density at radius 2 is 2.23 bits per heavy atom. The molecule has 0 unspecified atom stereocenters. The molecule has 0 aromatic heterocycles. The number of carbonyl (C=O) groups excluding carboxylic acids is 1. The summed E-state index contributed by atoms with van der Waals surface area (Å²) in [6.07, 6.45) is 5.14. The molecule has 1 amide bonds. The van der Waals surface area contributed by atoms with Crippen molar-refractivity contribution in [2.24, 2.45) is 0 Å². The first-order valence-corrected chi connectivity index (χ1v) is 5.32. The van der Waals surface area contributed by atoms with Gasteiger partial charge in [-0.3, -0.25) is 9.69 Å². The van der Waals surface area contributed by atoms with Crippen LogP contribution in [0.4, 0.5) is 0 Å². The van der Waals surface area contributed by atoms with E-state index in [0.717, 1.165) is 19.6 Å². The molecule has 3 heteroatoms. The lowest BCUT2D eigenvalue weighted by Crippen LogP contribution is -2.47. The number of carbonyl (C=O) groups is 1. The van der Waals surface area contributed by atoms with Gasteiger partial charge in [-0.05, 0) is 13.0 Å². The summed E-state index contributed by atoms with van der Waals surface area (Å²) in [6.45, 7) is 5.76. The average Bonchev–Trinajstić information content (AvgIpc) is 2.13. The van der Waals surface area contributed by atoms with E-state index >= 15 is 0 Å². The van der Waals surface area contributed by atoms with Gasteiger partial charge in [0.05, 0.1) is 6.54 Å². The lowest BCUT2D eigenvalue weighted by Gasteiger charge is -2.26. The number of unbranched alkanes of at least 4 members (excludes halogenated alkanes) is 3. The van der Waals surface area contributed by atoms with Gasteiger partial charge in [0.15, 0.2) is 0 Å². The van der Waals surface area contributed by atoms with E-state index in [1.54, 1.807) is 0 Å². The van der Waals surface area contributed by atoms with Gasteiger partial charge in [0.25, 0.3) is 0 Å². The minimum Gasteiger partial charge on any atom is -0.354 e.